The zero-order chi connectivity index (χ0) is 23.7. The van der Waals surface area contributed by atoms with Gasteiger partial charge < -0.3 is 14.2 Å². The van der Waals surface area contributed by atoms with E-state index in [1.54, 1.807) is 48.5 Å². The molecule has 2 aliphatic rings. The number of imide groups is 2. The van der Waals surface area contributed by atoms with Crippen LogP contribution in [-0.4, -0.2) is 24.6 Å². The van der Waals surface area contributed by atoms with Gasteiger partial charge in [0.2, 0.25) is 6.79 Å². The minimum atomic E-state index is -0.831. The van der Waals surface area contributed by atoms with E-state index in [2.05, 4.69) is 5.32 Å². The lowest BCUT2D eigenvalue weighted by Crippen LogP contribution is -2.54. The lowest BCUT2D eigenvalue weighted by Gasteiger charge is -2.26. The number of halogens is 1. The monoisotopic (exact) mass is 476 g/mol. The number of benzene rings is 3. The smallest absolute Gasteiger partial charge is 0.335 e. The SMILES string of the molecule is O=C1NC(=O)N(c2ccc(OCc3ccccc3Cl)cc2)C(=O)/C1=C/c1ccc2c(c1)OCO2. The Morgan fingerprint density at radius 1 is 0.971 bits per heavy atom. The van der Waals surface area contributed by atoms with Crippen LogP contribution in [0.4, 0.5) is 10.5 Å². The number of fused-ring (bicyclic) bond motifs is 1. The normalized spacial score (nSPS) is 16.1. The number of rotatable bonds is 5. The maximum atomic E-state index is 13.1. The van der Waals surface area contributed by atoms with Crippen LogP contribution in [0.5, 0.6) is 17.2 Å². The predicted molar refractivity (Wildman–Crippen MR) is 124 cm³/mol. The van der Waals surface area contributed by atoms with Gasteiger partial charge in [0.05, 0.1) is 5.69 Å². The number of ether oxygens (including phenoxy) is 3. The first kappa shape index (κ1) is 21.5. The van der Waals surface area contributed by atoms with Crippen LogP contribution in [0.2, 0.25) is 5.02 Å². The molecule has 1 N–H and O–H groups in total. The van der Waals surface area contributed by atoms with Crippen LogP contribution in [0.1, 0.15) is 11.1 Å². The van der Waals surface area contributed by atoms with E-state index in [4.69, 9.17) is 25.8 Å². The highest BCUT2D eigenvalue weighted by atomic mass is 35.5. The maximum absolute atomic E-state index is 13.1. The Kier molecular flexibility index (Phi) is 5.65. The Balaban J connectivity index is 1.35. The summed E-state index contributed by atoms with van der Waals surface area (Å²) in [6, 6.07) is 17.9. The minimum Gasteiger partial charge on any atom is -0.489 e. The summed E-state index contributed by atoms with van der Waals surface area (Å²) < 4.78 is 16.4. The van der Waals surface area contributed by atoms with E-state index < -0.39 is 17.8 Å². The Morgan fingerprint density at radius 2 is 1.74 bits per heavy atom. The third-order valence-corrected chi connectivity index (χ3v) is 5.63. The summed E-state index contributed by atoms with van der Waals surface area (Å²) >= 11 is 6.15. The molecular formula is C25H17ClN2O6. The van der Waals surface area contributed by atoms with Gasteiger partial charge in [-0.25, -0.2) is 9.69 Å². The first-order chi connectivity index (χ1) is 16.5. The van der Waals surface area contributed by atoms with Crippen LogP contribution in [0.15, 0.2) is 72.3 Å². The Hall–Kier alpha value is -4.30. The zero-order valence-corrected chi connectivity index (χ0v) is 18.4. The van der Waals surface area contributed by atoms with E-state index in [0.29, 0.717) is 27.8 Å². The molecule has 0 atom stereocenters. The molecule has 3 aromatic carbocycles. The number of amides is 4. The molecule has 5 rings (SSSR count). The Labute approximate surface area is 199 Å². The quantitative estimate of drug-likeness (QED) is 0.435. The van der Waals surface area contributed by atoms with Gasteiger partial charge >= 0.3 is 6.03 Å². The van der Waals surface area contributed by atoms with Crippen molar-refractivity contribution >= 4 is 41.2 Å². The van der Waals surface area contributed by atoms with E-state index >= 15 is 0 Å². The maximum Gasteiger partial charge on any atom is 0.335 e. The van der Waals surface area contributed by atoms with Crippen LogP contribution in [0, 0.1) is 0 Å². The van der Waals surface area contributed by atoms with E-state index in [1.165, 1.54) is 6.08 Å². The van der Waals surface area contributed by atoms with Gasteiger partial charge in [0.25, 0.3) is 11.8 Å². The van der Waals surface area contributed by atoms with Gasteiger partial charge in [0.1, 0.15) is 17.9 Å². The van der Waals surface area contributed by atoms with Crippen LogP contribution in [-0.2, 0) is 16.2 Å². The highest BCUT2D eigenvalue weighted by Gasteiger charge is 2.36. The molecule has 1 fully saturated rings. The van der Waals surface area contributed by atoms with E-state index in [1.807, 2.05) is 18.2 Å². The second-order valence-corrected chi connectivity index (χ2v) is 7.85. The van der Waals surface area contributed by atoms with Gasteiger partial charge in [-0.15, -0.1) is 0 Å². The van der Waals surface area contributed by atoms with Gasteiger partial charge in [0.15, 0.2) is 11.5 Å². The van der Waals surface area contributed by atoms with Crippen molar-refractivity contribution in [3.63, 3.8) is 0 Å². The summed E-state index contributed by atoms with van der Waals surface area (Å²) in [5, 5.41) is 2.80. The number of barbiturate groups is 1. The molecule has 2 aliphatic heterocycles. The van der Waals surface area contributed by atoms with Crippen LogP contribution < -0.4 is 24.4 Å². The number of carbonyl (C=O) groups is 3. The summed E-state index contributed by atoms with van der Waals surface area (Å²) in [6.07, 6.45) is 1.40. The van der Waals surface area contributed by atoms with Crippen LogP contribution in [0.3, 0.4) is 0 Å². The molecule has 0 radical (unpaired) electrons. The molecular weight excluding hydrogens is 460 g/mol. The van der Waals surface area contributed by atoms with Crippen molar-refractivity contribution in [1.82, 2.24) is 5.32 Å². The second kappa shape index (κ2) is 8.92. The van der Waals surface area contributed by atoms with Crippen molar-refractivity contribution in [2.75, 3.05) is 11.7 Å². The fourth-order valence-electron chi connectivity index (χ4n) is 3.53. The third kappa shape index (κ3) is 4.18. The van der Waals surface area contributed by atoms with Gasteiger partial charge in [-0.1, -0.05) is 35.9 Å². The number of hydrogen-bond donors (Lipinski definition) is 1. The molecule has 2 heterocycles. The topological polar surface area (TPSA) is 94.2 Å². The van der Waals surface area contributed by atoms with Crippen molar-refractivity contribution in [1.29, 1.82) is 0 Å². The average Bonchev–Trinajstić information content (AvgIpc) is 3.30. The first-order valence-electron chi connectivity index (χ1n) is 10.3. The average molecular weight is 477 g/mol. The van der Waals surface area contributed by atoms with Gasteiger partial charge in [0, 0.05) is 10.6 Å². The molecule has 34 heavy (non-hydrogen) atoms. The van der Waals surface area contributed by atoms with E-state index in [9.17, 15) is 14.4 Å². The number of anilines is 1. The lowest BCUT2D eigenvalue weighted by atomic mass is 10.1. The molecule has 0 saturated carbocycles. The molecule has 0 aromatic heterocycles. The van der Waals surface area contributed by atoms with Gasteiger partial charge in [-0.3, -0.25) is 14.9 Å². The molecule has 4 amide bonds. The van der Waals surface area contributed by atoms with Crippen LogP contribution >= 0.6 is 11.6 Å². The fourth-order valence-corrected chi connectivity index (χ4v) is 3.72. The number of hydrogen-bond acceptors (Lipinski definition) is 6. The minimum absolute atomic E-state index is 0.106. The van der Waals surface area contributed by atoms with Crippen molar-refractivity contribution in [3.05, 3.63) is 88.5 Å². The number of nitrogens with one attached hydrogen (secondary N) is 1. The van der Waals surface area contributed by atoms with E-state index in [0.717, 1.165) is 10.5 Å². The Morgan fingerprint density at radius 3 is 2.53 bits per heavy atom. The molecule has 0 aliphatic carbocycles. The number of carbonyl (C=O) groups excluding carboxylic acids is 3. The van der Waals surface area contributed by atoms with Crippen molar-refractivity contribution in [2.24, 2.45) is 0 Å². The third-order valence-electron chi connectivity index (χ3n) is 5.26. The number of nitrogens with zero attached hydrogens (tertiary/aromatic N) is 1. The second-order valence-electron chi connectivity index (χ2n) is 7.44. The highest BCUT2D eigenvalue weighted by Crippen LogP contribution is 2.33. The Bertz CT molecular complexity index is 1340. The predicted octanol–water partition coefficient (Wildman–Crippen LogP) is 4.31. The number of urea groups is 1. The molecule has 0 bridgehead atoms. The molecule has 1 saturated heterocycles. The molecule has 0 spiro atoms. The molecule has 9 heteroatoms. The largest absolute Gasteiger partial charge is 0.489 e. The fraction of sp³-hybridized carbons (Fsp3) is 0.0800. The molecule has 3 aromatic rings. The van der Waals surface area contributed by atoms with Crippen LogP contribution in [0.25, 0.3) is 6.08 Å². The summed E-state index contributed by atoms with van der Waals surface area (Å²) in [5.74, 6) is 0.106. The molecule has 8 nitrogen and oxygen atoms in total. The van der Waals surface area contributed by atoms with Gasteiger partial charge in [-0.05, 0) is 54.1 Å². The molecule has 170 valence electrons. The highest BCUT2D eigenvalue weighted by molar-refractivity contribution is 6.39. The lowest BCUT2D eigenvalue weighted by molar-refractivity contribution is -0.122. The summed E-state index contributed by atoms with van der Waals surface area (Å²) in [6.45, 7) is 0.369. The van der Waals surface area contributed by atoms with E-state index in [-0.39, 0.29) is 24.7 Å². The molecule has 0 unspecified atom stereocenters. The van der Waals surface area contributed by atoms with Gasteiger partial charge in [-0.2, -0.15) is 0 Å². The summed E-state index contributed by atoms with van der Waals surface area (Å²) in [4.78, 5) is 38.9. The first-order valence-corrected chi connectivity index (χ1v) is 10.6. The summed E-state index contributed by atoms with van der Waals surface area (Å²) in [7, 11) is 0. The zero-order valence-electron chi connectivity index (χ0n) is 17.6. The van der Waals surface area contributed by atoms with Crippen molar-refractivity contribution in [3.8, 4) is 17.2 Å². The standard InChI is InChI=1S/C25H17ClN2O6/c26-20-4-2-1-3-16(20)13-32-18-8-6-17(7-9-18)28-24(30)19(23(29)27-25(28)31)11-15-5-10-21-22(12-15)34-14-33-21/h1-12H,13-14H2,(H,27,29,31)/b19-11+. The summed E-state index contributed by atoms with van der Waals surface area (Å²) in [5.41, 5.74) is 1.49. The van der Waals surface area contributed by atoms with Crippen molar-refractivity contribution < 1.29 is 28.6 Å². The van der Waals surface area contributed by atoms with Crippen molar-refractivity contribution in [2.45, 2.75) is 6.61 Å².